The summed E-state index contributed by atoms with van der Waals surface area (Å²) in [5.74, 6) is -1.93. The molecule has 0 fully saturated rings. The molecule has 0 aromatic carbocycles. The zero-order valence-electron chi connectivity index (χ0n) is 10.4. The smallest absolute Gasteiger partial charge is 0.332 e. The van der Waals surface area contributed by atoms with Gasteiger partial charge in [0.1, 0.15) is 0 Å². The maximum atomic E-state index is 10.4. The molecule has 0 atom stereocenters. The van der Waals surface area contributed by atoms with Gasteiger partial charge >= 0.3 is 11.9 Å². The third-order valence-electron chi connectivity index (χ3n) is 1.48. The Balaban J connectivity index is 0. The average Bonchev–Trinajstić information content (AvgIpc) is 2.15. The number of carbonyl (C=O) groups is 2. The van der Waals surface area contributed by atoms with Gasteiger partial charge in [-0.25, -0.2) is 4.79 Å². The van der Waals surface area contributed by atoms with Crippen molar-refractivity contribution in [2.45, 2.75) is 40.2 Å². The Bertz CT molecular complexity index is 260. The molecule has 0 aliphatic heterocycles. The summed E-state index contributed by atoms with van der Waals surface area (Å²) < 4.78 is 0. The standard InChI is InChI=1S/C6H12N2O2.C4H8O2/c1-4-7-8-6(2,3)5(9)10;1-3(2)4(5)6/h4H2,1-3H3,(H,9,10);3H,1-2H3,(H,5,6). The first kappa shape index (κ1) is 17.0. The Morgan fingerprint density at radius 2 is 1.62 bits per heavy atom. The summed E-state index contributed by atoms with van der Waals surface area (Å²) in [6, 6.07) is 0. The van der Waals surface area contributed by atoms with Gasteiger partial charge in [-0.3, -0.25) is 4.79 Å². The van der Waals surface area contributed by atoms with Crippen molar-refractivity contribution in [3.63, 3.8) is 0 Å². The molecule has 94 valence electrons. The van der Waals surface area contributed by atoms with Crippen LogP contribution in [-0.4, -0.2) is 34.2 Å². The lowest BCUT2D eigenvalue weighted by molar-refractivity contribution is -0.142. The summed E-state index contributed by atoms with van der Waals surface area (Å²) in [5.41, 5.74) is -1.07. The molecule has 0 heterocycles. The zero-order valence-corrected chi connectivity index (χ0v) is 10.4. The molecule has 0 aliphatic rings. The van der Waals surface area contributed by atoms with Crippen LogP contribution in [-0.2, 0) is 9.59 Å². The van der Waals surface area contributed by atoms with Crippen LogP contribution in [0.4, 0.5) is 0 Å². The van der Waals surface area contributed by atoms with Crippen molar-refractivity contribution in [1.29, 1.82) is 0 Å². The molecule has 0 aromatic rings. The van der Waals surface area contributed by atoms with Crippen molar-refractivity contribution >= 4 is 11.9 Å². The predicted octanol–water partition coefficient (Wildman–Crippen LogP) is 2.05. The molecule has 0 radical (unpaired) electrons. The second kappa shape index (κ2) is 7.78. The first-order valence-electron chi connectivity index (χ1n) is 5.00. The molecule has 0 amide bonds. The van der Waals surface area contributed by atoms with E-state index in [1.165, 1.54) is 13.8 Å². The Morgan fingerprint density at radius 1 is 1.25 bits per heavy atom. The minimum absolute atomic E-state index is 0.231. The van der Waals surface area contributed by atoms with Gasteiger partial charge in [0.05, 0.1) is 12.5 Å². The Labute approximate surface area is 95.4 Å². The van der Waals surface area contributed by atoms with Crippen molar-refractivity contribution in [2.75, 3.05) is 6.54 Å². The van der Waals surface area contributed by atoms with Gasteiger partial charge in [-0.05, 0) is 20.8 Å². The number of azo groups is 1. The van der Waals surface area contributed by atoms with Crippen molar-refractivity contribution in [3.05, 3.63) is 0 Å². The van der Waals surface area contributed by atoms with E-state index in [-0.39, 0.29) is 5.92 Å². The van der Waals surface area contributed by atoms with E-state index in [9.17, 15) is 9.59 Å². The zero-order chi connectivity index (χ0) is 13.4. The molecule has 0 aromatic heterocycles. The number of nitrogens with zero attached hydrogens (tertiary/aromatic N) is 2. The van der Waals surface area contributed by atoms with Gasteiger partial charge < -0.3 is 10.2 Å². The third-order valence-corrected chi connectivity index (χ3v) is 1.48. The Hall–Kier alpha value is -1.46. The average molecular weight is 232 g/mol. The van der Waals surface area contributed by atoms with Gasteiger partial charge in [-0.1, -0.05) is 13.8 Å². The highest BCUT2D eigenvalue weighted by molar-refractivity contribution is 5.77. The largest absolute Gasteiger partial charge is 0.481 e. The Kier molecular flexibility index (Phi) is 8.25. The van der Waals surface area contributed by atoms with Crippen LogP contribution in [0.2, 0.25) is 0 Å². The first-order chi connectivity index (χ1) is 7.15. The number of hydrogen-bond acceptors (Lipinski definition) is 4. The molecule has 0 saturated heterocycles. The monoisotopic (exact) mass is 232 g/mol. The van der Waals surface area contributed by atoms with Crippen molar-refractivity contribution in [2.24, 2.45) is 16.1 Å². The molecule has 0 unspecified atom stereocenters. The molecule has 16 heavy (non-hydrogen) atoms. The molecular weight excluding hydrogens is 212 g/mol. The van der Waals surface area contributed by atoms with Crippen LogP contribution in [0.5, 0.6) is 0 Å². The van der Waals surface area contributed by atoms with Gasteiger partial charge in [-0.15, -0.1) is 0 Å². The van der Waals surface area contributed by atoms with Crippen molar-refractivity contribution in [1.82, 2.24) is 0 Å². The Morgan fingerprint density at radius 3 is 1.81 bits per heavy atom. The maximum absolute atomic E-state index is 10.4. The molecule has 0 spiro atoms. The van der Waals surface area contributed by atoms with E-state index in [1.54, 1.807) is 20.8 Å². The van der Waals surface area contributed by atoms with Crippen LogP contribution in [0.15, 0.2) is 10.2 Å². The van der Waals surface area contributed by atoms with Gasteiger partial charge in [0, 0.05) is 0 Å². The quantitative estimate of drug-likeness (QED) is 0.724. The molecule has 0 saturated carbocycles. The van der Waals surface area contributed by atoms with Gasteiger partial charge in [0.2, 0.25) is 0 Å². The van der Waals surface area contributed by atoms with Crippen LogP contribution in [0.25, 0.3) is 0 Å². The predicted molar refractivity (Wildman–Crippen MR) is 59.6 cm³/mol. The summed E-state index contributed by atoms with van der Waals surface area (Å²) in [6.07, 6.45) is 0. The van der Waals surface area contributed by atoms with Crippen molar-refractivity contribution < 1.29 is 19.8 Å². The van der Waals surface area contributed by atoms with Crippen LogP contribution in [0.3, 0.4) is 0 Å². The van der Waals surface area contributed by atoms with Crippen LogP contribution >= 0.6 is 0 Å². The number of aliphatic carboxylic acids is 2. The molecule has 6 heteroatoms. The molecule has 0 bridgehead atoms. The number of carboxylic acids is 2. The van der Waals surface area contributed by atoms with E-state index in [0.29, 0.717) is 6.54 Å². The summed E-state index contributed by atoms with van der Waals surface area (Å²) in [5, 5.41) is 23.7. The fourth-order valence-corrected chi connectivity index (χ4v) is 0.290. The van der Waals surface area contributed by atoms with E-state index < -0.39 is 17.5 Å². The molecular formula is C10H20N2O4. The second-order valence-corrected chi connectivity index (χ2v) is 3.91. The minimum atomic E-state index is -1.07. The van der Waals surface area contributed by atoms with E-state index in [2.05, 4.69) is 10.2 Å². The van der Waals surface area contributed by atoms with E-state index in [1.807, 2.05) is 0 Å². The molecule has 0 rings (SSSR count). The molecule has 2 N–H and O–H groups in total. The summed E-state index contributed by atoms with van der Waals surface area (Å²) >= 11 is 0. The fraction of sp³-hybridized carbons (Fsp3) is 0.800. The fourth-order valence-electron chi connectivity index (χ4n) is 0.290. The van der Waals surface area contributed by atoms with Crippen LogP contribution in [0.1, 0.15) is 34.6 Å². The lowest BCUT2D eigenvalue weighted by atomic mass is 10.1. The third kappa shape index (κ3) is 9.11. The lowest BCUT2D eigenvalue weighted by Gasteiger charge is -2.09. The summed E-state index contributed by atoms with van der Waals surface area (Å²) in [6.45, 7) is 8.63. The normalized spacial score (nSPS) is 11.1. The minimum Gasteiger partial charge on any atom is -0.481 e. The van der Waals surface area contributed by atoms with E-state index in [0.717, 1.165) is 0 Å². The maximum Gasteiger partial charge on any atom is 0.332 e. The highest BCUT2D eigenvalue weighted by atomic mass is 16.4. The summed E-state index contributed by atoms with van der Waals surface area (Å²) in [7, 11) is 0. The van der Waals surface area contributed by atoms with E-state index in [4.69, 9.17) is 10.2 Å². The topological polar surface area (TPSA) is 99.3 Å². The highest BCUT2D eigenvalue weighted by Crippen LogP contribution is 2.08. The van der Waals surface area contributed by atoms with Crippen molar-refractivity contribution in [3.8, 4) is 0 Å². The van der Waals surface area contributed by atoms with Crippen LogP contribution in [0, 0.1) is 5.92 Å². The van der Waals surface area contributed by atoms with Gasteiger partial charge in [-0.2, -0.15) is 10.2 Å². The van der Waals surface area contributed by atoms with Gasteiger partial charge in [0.15, 0.2) is 5.54 Å². The SMILES string of the molecule is CC(C)C(=O)O.CCN=NC(C)(C)C(=O)O. The highest BCUT2D eigenvalue weighted by Gasteiger charge is 2.26. The van der Waals surface area contributed by atoms with E-state index >= 15 is 0 Å². The number of carboxylic acid groups (broad SMARTS) is 2. The number of hydrogen-bond donors (Lipinski definition) is 2. The number of rotatable bonds is 4. The summed E-state index contributed by atoms with van der Waals surface area (Å²) in [4.78, 5) is 20.1. The first-order valence-corrected chi connectivity index (χ1v) is 5.00. The molecule has 6 nitrogen and oxygen atoms in total. The van der Waals surface area contributed by atoms with Crippen LogP contribution < -0.4 is 0 Å². The second-order valence-electron chi connectivity index (χ2n) is 3.91. The molecule has 0 aliphatic carbocycles. The lowest BCUT2D eigenvalue weighted by Crippen LogP contribution is -2.28. The van der Waals surface area contributed by atoms with Gasteiger partial charge in [0.25, 0.3) is 0 Å².